The maximum absolute atomic E-state index is 12.8. The predicted molar refractivity (Wildman–Crippen MR) is 110 cm³/mol. The molecule has 1 atom stereocenters. The van der Waals surface area contributed by atoms with Crippen molar-refractivity contribution in [2.24, 2.45) is 5.92 Å². The van der Waals surface area contributed by atoms with Crippen LogP contribution in [0.1, 0.15) is 25.7 Å². The van der Waals surface area contributed by atoms with E-state index in [2.05, 4.69) is 14.9 Å². The molecule has 1 aromatic carbocycles. The molecule has 2 saturated heterocycles. The number of hydrogen-bond donors (Lipinski definition) is 1. The van der Waals surface area contributed by atoms with Gasteiger partial charge in [-0.2, -0.15) is 0 Å². The first-order valence-corrected chi connectivity index (χ1v) is 10.2. The number of likely N-dealkylation sites (tertiary alicyclic amines) is 1. The number of rotatable bonds is 3. The fourth-order valence-corrected chi connectivity index (χ4v) is 4.37. The molecule has 0 spiro atoms. The molecule has 1 amide bonds. The van der Waals surface area contributed by atoms with Gasteiger partial charge >= 0.3 is 0 Å². The van der Waals surface area contributed by atoms with Gasteiger partial charge in [-0.1, -0.05) is 30.3 Å². The van der Waals surface area contributed by atoms with Gasteiger partial charge in [0, 0.05) is 31.7 Å². The Morgan fingerprint density at radius 2 is 1.79 bits per heavy atom. The van der Waals surface area contributed by atoms with Crippen molar-refractivity contribution < 1.29 is 4.79 Å². The van der Waals surface area contributed by atoms with E-state index in [1.54, 1.807) is 0 Å². The van der Waals surface area contributed by atoms with Gasteiger partial charge < -0.3 is 14.8 Å². The summed E-state index contributed by atoms with van der Waals surface area (Å²) in [6.07, 6.45) is 4.29. The number of piperidine rings is 1. The summed E-state index contributed by atoms with van der Waals surface area (Å²) in [6.45, 7) is 3.55. The van der Waals surface area contributed by atoms with Crippen molar-refractivity contribution in [3.63, 3.8) is 0 Å². The molecule has 3 aromatic rings. The summed E-state index contributed by atoms with van der Waals surface area (Å²) in [5, 5.41) is 0. The second-order valence-corrected chi connectivity index (χ2v) is 7.81. The van der Waals surface area contributed by atoms with Crippen LogP contribution >= 0.6 is 0 Å². The molecule has 0 aliphatic carbocycles. The maximum Gasteiger partial charge on any atom is 0.227 e. The molecule has 5 rings (SSSR count). The van der Waals surface area contributed by atoms with Gasteiger partial charge in [0.1, 0.15) is 11.6 Å². The van der Waals surface area contributed by atoms with Crippen LogP contribution in [0.15, 0.2) is 42.5 Å². The summed E-state index contributed by atoms with van der Waals surface area (Å²) in [6, 6.07) is 14.2. The van der Waals surface area contributed by atoms with Gasteiger partial charge in [-0.15, -0.1) is 0 Å². The van der Waals surface area contributed by atoms with Gasteiger partial charge in [0.2, 0.25) is 5.91 Å². The number of carbonyl (C=O) groups is 1. The van der Waals surface area contributed by atoms with Crippen molar-refractivity contribution >= 4 is 22.9 Å². The lowest BCUT2D eigenvalue weighted by Crippen LogP contribution is -2.44. The molecule has 0 unspecified atom stereocenters. The topological polar surface area (TPSA) is 65.1 Å². The van der Waals surface area contributed by atoms with E-state index in [4.69, 9.17) is 4.98 Å². The minimum Gasteiger partial charge on any atom is -0.356 e. The molecule has 28 heavy (non-hydrogen) atoms. The fourth-order valence-electron chi connectivity index (χ4n) is 4.37. The molecule has 0 bridgehead atoms. The third kappa shape index (κ3) is 3.23. The molecule has 144 valence electrons. The highest BCUT2D eigenvalue weighted by atomic mass is 16.2. The number of H-pyrrole nitrogens is 1. The van der Waals surface area contributed by atoms with E-state index in [0.717, 1.165) is 80.2 Å². The first-order chi connectivity index (χ1) is 13.8. The molecule has 2 aliphatic heterocycles. The van der Waals surface area contributed by atoms with Gasteiger partial charge in [0.05, 0.1) is 11.4 Å². The molecule has 4 heterocycles. The van der Waals surface area contributed by atoms with Crippen molar-refractivity contribution in [3.05, 3.63) is 42.5 Å². The van der Waals surface area contributed by atoms with E-state index < -0.39 is 0 Å². The highest BCUT2D eigenvalue weighted by Gasteiger charge is 2.31. The highest BCUT2D eigenvalue weighted by molar-refractivity contribution is 5.80. The summed E-state index contributed by atoms with van der Waals surface area (Å²) in [5.74, 6) is 2.16. The Morgan fingerprint density at radius 1 is 0.964 bits per heavy atom. The lowest BCUT2D eigenvalue weighted by molar-refractivity contribution is -0.134. The van der Waals surface area contributed by atoms with Crippen LogP contribution in [0.3, 0.4) is 0 Å². The predicted octanol–water partition coefficient (Wildman–Crippen LogP) is 3.46. The average molecular weight is 375 g/mol. The van der Waals surface area contributed by atoms with Gasteiger partial charge in [-0.3, -0.25) is 4.79 Å². The summed E-state index contributed by atoms with van der Waals surface area (Å²) < 4.78 is 0. The number of pyridine rings is 1. The zero-order valence-electron chi connectivity index (χ0n) is 16.0. The molecule has 0 radical (unpaired) electrons. The average Bonchev–Trinajstić information content (AvgIpc) is 3.43. The number of imidazole rings is 1. The molecule has 1 N–H and O–H groups in total. The summed E-state index contributed by atoms with van der Waals surface area (Å²) in [4.78, 5) is 29.9. The number of aromatic nitrogens is 3. The van der Waals surface area contributed by atoms with E-state index in [-0.39, 0.29) is 5.92 Å². The Labute approximate surface area is 164 Å². The Hall–Kier alpha value is -2.89. The van der Waals surface area contributed by atoms with Crippen molar-refractivity contribution in [2.45, 2.75) is 25.7 Å². The fraction of sp³-hybridized carbons (Fsp3) is 0.409. The van der Waals surface area contributed by atoms with Crippen molar-refractivity contribution in [2.75, 3.05) is 31.1 Å². The van der Waals surface area contributed by atoms with Crippen LogP contribution in [-0.4, -0.2) is 51.9 Å². The number of benzene rings is 1. The van der Waals surface area contributed by atoms with Gasteiger partial charge in [-0.25, -0.2) is 9.97 Å². The number of hydrogen-bond acceptors (Lipinski definition) is 4. The first-order valence-electron chi connectivity index (χ1n) is 10.2. The van der Waals surface area contributed by atoms with Crippen LogP contribution in [0, 0.1) is 5.92 Å². The normalized spacial score (nSPS) is 20.1. The summed E-state index contributed by atoms with van der Waals surface area (Å²) in [7, 11) is 0. The number of carbonyl (C=O) groups excluding carboxylic acids is 1. The summed E-state index contributed by atoms with van der Waals surface area (Å²) >= 11 is 0. The van der Waals surface area contributed by atoms with Crippen molar-refractivity contribution in [1.29, 1.82) is 0 Å². The van der Waals surface area contributed by atoms with E-state index >= 15 is 0 Å². The van der Waals surface area contributed by atoms with Gasteiger partial charge in [-0.05, 0) is 37.8 Å². The van der Waals surface area contributed by atoms with E-state index in [9.17, 15) is 4.79 Å². The second kappa shape index (κ2) is 7.26. The third-order valence-electron chi connectivity index (χ3n) is 5.89. The van der Waals surface area contributed by atoms with Crippen LogP contribution in [0.2, 0.25) is 0 Å². The van der Waals surface area contributed by atoms with Crippen LogP contribution in [0.25, 0.3) is 22.6 Å². The number of nitrogens with zero attached hydrogens (tertiary/aromatic N) is 4. The Balaban J connectivity index is 1.37. The summed E-state index contributed by atoms with van der Waals surface area (Å²) in [5.41, 5.74) is 2.71. The first kappa shape index (κ1) is 17.2. The zero-order chi connectivity index (χ0) is 18.9. The zero-order valence-corrected chi connectivity index (χ0v) is 16.0. The van der Waals surface area contributed by atoms with Crippen LogP contribution in [-0.2, 0) is 4.79 Å². The number of aromatic amines is 1. The molecule has 6 heteroatoms. The maximum atomic E-state index is 12.8. The molecule has 2 fully saturated rings. The molecule has 2 aromatic heterocycles. The molecule has 2 aliphatic rings. The second-order valence-electron chi connectivity index (χ2n) is 7.81. The molecular formula is C22H25N5O. The smallest absolute Gasteiger partial charge is 0.227 e. The van der Waals surface area contributed by atoms with E-state index in [1.807, 2.05) is 47.4 Å². The largest absolute Gasteiger partial charge is 0.356 e. The third-order valence-corrected chi connectivity index (χ3v) is 5.89. The lowest BCUT2D eigenvalue weighted by Gasteiger charge is -2.34. The number of anilines is 1. The minimum atomic E-state index is 0.0865. The standard InChI is InChI=1S/C22H25N5O/c28-22(26-12-4-5-13-26)17-9-6-14-27(15-17)19-11-10-18-21(24-19)25-20(23-18)16-7-2-1-3-8-16/h1-3,7-8,10-11,17H,4-6,9,12-15H2,(H,23,24,25)/t17-/m1/s1. The number of nitrogens with one attached hydrogen (secondary N) is 1. The van der Waals surface area contributed by atoms with Crippen LogP contribution in [0.5, 0.6) is 0 Å². The Morgan fingerprint density at radius 3 is 2.61 bits per heavy atom. The number of fused-ring (bicyclic) bond motifs is 1. The van der Waals surface area contributed by atoms with Crippen LogP contribution < -0.4 is 4.90 Å². The lowest BCUT2D eigenvalue weighted by atomic mass is 9.96. The van der Waals surface area contributed by atoms with Gasteiger partial charge in [0.25, 0.3) is 0 Å². The molecule has 0 saturated carbocycles. The van der Waals surface area contributed by atoms with Crippen LogP contribution in [0.4, 0.5) is 5.82 Å². The Bertz CT molecular complexity index is 977. The molecule has 6 nitrogen and oxygen atoms in total. The number of amides is 1. The van der Waals surface area contributed by atoms with Crippen molar-refractivity contribution in [1.82, 2.24) is 19.9 Å². The Kier molecular flexibility index (Phi) is 4.47. The van der Waals surface area contributed by atoms with Crippen molar-refractivity contribution in [3.8, 4) is 11.4 Å². The van der Waals surface area contributed by atoms with E-state index in [1.165, 1.54) is 0 Å². The SMILES string of the molecule is O=C([C@@H]1CCCN(c2ccc3[nH]c(-c4ccccc4)nc3n2)C1)N1CCCC1. The monoisotopic (exact) mass is 375 g/mol. The quantitative estimate of drug-likeness (QED) is 0.761. The van der Waals surface area contributed by atoms with E-state index in [0.29, 0.717) is 5.91 Å². The van der Waals surface area contributed by atoms with Gasteiger partial charge in [0.15, 0.2) is 5.65 Å². The molecular weight excluding hydrogens is 350 g/mol. The minimum absolute atomic E-state index is 0.0865. The highest BCUT2D eigenvalue weighted by Crippen LogP contribution is 2.26.